The van der Waals surface area contributed by atoms with E-state index in [2.05, 4.69) is 19.2 Å². The number of unbranched alkanes of at least 4 members (excludes halogenated alkanes) is 1. The molecule has 0 aliphatic rings. The molecule has 0 spiro atoms. The van der Waals surface area contributed by atoms with E-state index in [9.17, 15) is 4.79 Å². The van der Waals surface area contributed by atoms with Gasteiger partial charge in [0.15, 0.2) is 0 Å². The van der Waals surface area contributed by atoms with E-state index in [1.807, 2.05) is 25.1 Å². The van der Waals surface area contributed by atoms with Gasteiger partial charge in [-0.2, -0.15) is 0 Å². The molecular weight excluding hydrogens is 226 g/mol. The lowest BCUT2D eigenvalue weighted by Gasteiger charge is -2.12. The van der Waals surface area contributed by atoms with Gasteiger partial charge in [-0.1, -0.05) is 26.3 Å². The quantitative estimate of drug-likeness (QED) is 0.752. The Labute approximate surface area is 110 Å². The number of carbonyl (C=O) groups excluding carboxylic acids is 1. The van der Waals surface area contributed by atoms with Crippen LogP contribution < -0.4 is 10.1 Å². The standard InChI is InChI=1S/C15H23NO2/c1-4-6-10-18-14-9-7-8-13(11-14)15(17)16-12(3)5-2/h7-9,11-12H,4-6,10H2,1-3H3,(H,16,17)/t12-/m1/s1. The van der Waals surface area contributed by atoms with Crippen molar-refractivity contribution < 1.29 is 9.53 Å². The largest absolute Gasteiger partial charge is 0.494 e. The maximum atomic E-state index is 11.9. The van der Waals surface area contributed by atoms with Crippen LogP contribution in [-0.4, -0.2) is 18.6 Å². The van der Waals surface area contributed by atoms with Gasteiger partial charge in [0.2, 0.25) is 0 Å². The highest BCUT2D eigenvalue weighted by molar-refractivity contribution is 5.94. The molecule has 1 aromatic rings. The number of amides is 1. The van der Waals surface area contributed by atoms with Crippen molar-refractivity contribution in [2.75, 3.05) is 6.61 Å². The zero-order valence-corrected chi connectivity index (χ0v) is 11.5. The maximum absolute atomic E-state index is 11.9. The smallest absolute Gasteiger partial charge is 0.251 e. The zero-order valence-electron chi connectivity index (χ0n) is 11.5. The highest BCUT2D eigenvalue weighted by atomic mass is 16.5. The minimum absolute atomic E-state index is 0.0368. The lowest BCUT2D eigenvalue weighted by atomic mass is 10.1. The van der Waals surface area contributed by atoms with Crippen molar-refractivity contribution in [1.29, 1.82) is 0 Å². The van der Waals surface area contributed by atoms with Gasteiger partial charge < -0.3 is 10.1 Å². The number of nitrogens with one attached hydrogen (secondary N) is 1. The van der Waals surface area contributed by atoms with Crippen LogP contribution in [0.5, 0.6) is 5.75 Å². The number of rotatable bonds is 7. The van der Waals surface area contributed by atoms with E-state index in [1.54, 1.807) is 6.07 Å². The Morgan fingerprint density at radius 2 is 2.17 bits per heavy atom. The Morgan fingerprint density at radius 1 is 1.39 bits per heavy atom. The van der Waals surface area contributed by atoms with Crippen molar-refractivity contribution >= 4 is 5.91 Å². The summed E-state index contributed by atoms with van der Waals surface area (Å²) in [5.74, 6) is 0.727. The minimum atomic E-state index is -0.0368. The van der Waals surface area contributed by atoms with Crippen LogP contribution in [0.15, 0.2) is 24.3 Å². The lowest BCUT2D eigenvalue weighted by Crippen LogP contribution is -2.31. The molecule has 0 unspecified atom stereocenters. The monoisotopic (exact) mass is 249 g/mol. The Balaban J connectivity index is 2.60. The van der Waals surface area contributed by atoms with Crippen LogP contribution in [0.25, 0.3) is 0 Å². The molecule has 0 saturated heterocycles. The summed E-state index contributed by atoms with van der Waals surface area (Å²) < 4.78 is 5.59. The molecule has 0 saturated carbocycles. The molecule has 100 valence electrons. The summed E-state index contributed by atoms with van der Waals surface area (Å²) in [7, 11) is 0. The number of hydrogen-bond acceptors (Lipinski definition) is 2. The Hall–Kier alpha value is -1.51. The van der Waals surface area contributed by atoms with Crippen LogP contribution >= 0.6 is 0 Å². The average molecular weight is 249 g/mol. The molecule has 1 rings (SSSR count). The van der Waals surface area contributed by atoms with Gasteiger partial charge >= 0.3 is 0 Å². The molecule has 18 heavy (non-hydrogen) atoms. The van der Waals surface area contributed by atoms with Gasteiger partial charge in [0.1, 0.15) is 5.75 Å². The van der Waals surface area contributed by atoms with Crippen LogP contribution in [0.3, 0.4) is 0 Å². The second-order valence-corrected chi connectivity index (χ2v) is 4.51. The maximum Gasteiger partial charge on any atom is 0.251 e. The fourth-order valence-electron chi connectivity index (χ4n) is 1.47. The first kappa shape index (κ1) is 14.6. The van der Waals surface area contributed by atoms with Crippen LogP contribution in [0.2, 0.25) is 0 Å². The lowest BCUT2D eigenvalue weighted by molar-refractivity contribution is 0.0939. The molecule has 3 heteroatoms. The molecular formula is C15H23NO2. The van der Waals surface area contributed by atoms with Gasteiger partial charge in [-0.15, -0.1) is 0 Å². The molecule has 0 aliphatic heterocycles. The van der Waals surface area contributed by atoms with Crippen LogP contribution in [0.1, 0.15) is 50.4 Å². The van der Waals surface area contributed by atoms with E-state index in [1.165, 1.54) is 0 Å². The topological polar surface area (TPSA) is 38.3 Å². The molecule has 3 nitrogen and oxygen atoms in total. The van der Waals surface area contributed by atoms with Crippen LogP contribution in [0, 0.1) is 0 Å². The Morgan fingerprint density at radius 3 is 2.83 bits per heavy atom. The van der Waals surface area contributed by atoms with Crippen molar-refractivity contribution in [2.24, 2.45) is 0 Å². The van der Waals surface area contributed by atoms with Gasteiger partial charge in [0, 0.05) is 11.6 Å². The van der Waals surface area contributed by atoms with Crippen LogP contribution in [-0.2, 0) is 0 Å². The highest BCUT2D eigenvalue weighted by Crippen LogP contribution is 2.14. The Kier molecular flexibility index (Phi) is 6.26. The fraction of sp³-hybridized carbons (Fsp3) is 0.533. The summed E-state index contributed by atoms with van der Waals surface area (Å²) in [4.78, 5) is 11.9. The van der Waals surface area contributed by atoms with Crippen molar-refractivity contribution in [1.82, 2.24) is 5.32 Å². The van der Waals surface area contributed by atoms with Crippen molar-refractivity contribution in [3.05, 3.63) is 29.8 Å². The first-order valence-electron chi connectivity index (χ1n) is 6.71. The van der Waals surface area contributed by atoms with E-state index in [-0.39, 0.29) is 11.9 Å². The predicted octanol–water partition coefficient (Wildman–Crippen LogP) is 3.39. The SMILES string of the molecule is CCCCOc1cccc(C(=O)N[C@H](C)CC)c1. The van der Waals surface area contributed by atoms with Crippen molar-refractivity contribution in [2.45, 2.75) is 46.1 Å². The van der Waals surface area contributed by atoms with Gasteiger partial charge in [-0.3, -0.25) is 4.79 Å². The molecule has 0 bridgehead atoms. The van der Waals surface area contributed by atoms with E-state index in [4.69, 9.17) is 4.74 Å². The molecule has 1 atom stereocenters. The van der Waals surface area contributed by atoms with E-state index >= 15 is 0 Å². The zero-order chi connectivity index (χ0) is 13.4. The average Bonchev–Trinajstić information content (AvgIpc) is 2.39. The van der Waals surface area contributed by atoms with Gasteiger partial charge in [0.05, 0.1) is 6.61 Å². The molecule has 0 aliphatic carbocycles. The summed E-state index contributed by atoms with van der Waals surface area (Å²) in [6.07, 6.45) is 3.07. The van der Waals surface area contributed by atoms with Gasteiger partial charge in [-0.25, -0.2) is 0 Å². The molecule has 0 aromatic heterocycles. The number of ether oxygens (including phenoxy) is 1. The second kappa shape index (κ2) is 7.75. The first-order chi connectivity index (χ1) is 8.67. The Bertz CT molecular complexity index is 377. The third-order valence-corrected chi connectivity index (χ3v) is 2.85. The molecule has 0 fully saturated rings. The summed E-state index contributed by atoms with van der Waals surface area (Å²) in [5.41, 5.74) is 0.657. The molecule has 1 amide bonds. The second-order valence-electron chi connectivity index (χ2n) is 4.51. The summed E-state index contributed by atoms with van der Waals surface area (Å²) in [6.45, 7) is 6.88. The highest BCUT2D eigenvalue weighted by Gasteiger charge is 2.09. The molecule has 0 radical (unpaired) electrons. The number of carbonyl (C=O) groups is 1. The molecule has 1 aromatic carbocycles. The summed E-state index contributed by atoms with van der Waals surface area (Å²) in [6, 6.07) is 7.54. The molecule has 0 heterocycles. The molecule has 1 N–H and O–H groups in total. The fourth-order valence-corrected chi connectivity index (χ4v) is 1.47. The third kappa shape index (κ3) is 4.78. The number of benzene rings is 1. The number of hydrogen-bond donors (Lipinski definition) is 1. The summed E-state index contributed by atoms with van der Waals surface area (Å²) >= 11 is 0. The van der Waals surface area contributed by atoms with Crippen molar-refractivity contribution in [3.8, 4) is 5.75 Å². The van der Waals surface area contributed by atoms with Gasteiger partial charge in [-0.05, 0) is 38.0 Å². The summed E-state index contributed by atoms with van der Waals surface area (Å²) in [5, 5.41) is 2.95. The normalized spacial score (nSPS) is 11.9. The van der Waals surface area contributed by atoms with E-state index in [0.717, 1.165) is 25.0 Å². The van der Waals surface area contributed by atoms with Gasteiger partial charge in [0.25, 0.3) is 5.91 Å². The van der Waals surface area contributed by atoms with Crippen LogP contribution in [0.4, 0.5) is 0 Å². The third-order valence-electron chi connectivity index (χ3n) is 2.85. The predicted molar refractivity (Wildman–Crippen MR) is 74.1 cm³/mol. The van der Waals surface area contributed by atoms with E-state index in [0.29, 0.717) is 12.2 Å². The van der Waals surface area contributed by atoms with E-state index < -0.39 is 0 Å². The first-order valence-corrected chi connectivity index (χ1v) is 6.71. The van der Waals surface area contributed by atoms with Crippen molar-refractivity contribution in [3.63, 3.8) is 0 Å². The minimum Gasteiger partial charge on any atom is -0.494 e.